The predicted molar refractivity (Wildman–Crippen MR) is 114 cm³/mol. The second-order valence-corrected chi connectivity index (χ2v) is 6.30. The van der Waals surface area contributed by atoms with Crippen LogP contribution in [0.3, 0.4) is 0 Å². The van der Waals surface area contributed by atoms with E-state index in [2.05, 4.69) is 22.8 Å². The van der Waals surface area contributed by atoms with Crippen molar-refractivity contribution in [1.29, 1.82) is 0 Å². The highest BCUT2D eigenvalue weighted by molar-refractivity contribution is 5.59. The first kappa shape index (κ1) is 19.3. The molecule has 28 heavy (non-hydrogen) atoms. The van der Waals surface area contributed by atoms with Crippen LogP contribution in [0.15, 0.2) is 78.9 Å². The molecule has 0 radical (unpaired) electrons. The Morgan fingerprint density at radius 2 is 1.75 bits per heavy atom. The maximum absolute atomic E-state index is 10.2. The molecule has 3 aromatic carbocycles. The number of benzene rings is 3. The molecule has 3 rings (SSSR count). The van der Waals surface area contributed by atoms with E-state index in [9.17, 15) is 10.2 Å². The van der Waals surface area contributed by atoms with Gasteiger partial charge in [0.05, 0.1) is 7.11 Å². The molecular formula is C23H24N2O3. The van der Waals surface area contributed by atoms with E-state index < -0.39 is 6.23 Å². The molecule has 3 aromatic rings. The molecule has 0 fully saturated rings. The lowest BCUT2D eigenvalue weighted by Crippen LogP contribution is -2.15. The van der Waals surface area contributed by atoms with Crippen molar-refractivity contribution in [1.82, 2.24) is 0 Å². The molecule has 5 nitrogen and oxygen atoms in total. The molecule has 1 atom stereocenters. The largest absolute Gasteiger partial charge is 0.504 e. The monoisotopic (exact) mass is 376 g/mol. The second kappa shape index (κ2) is 9.48. The van der Waals surface area contributed by atoms with Crippen LogP contribution in [-0.2, 0) is 6.54 Å². The van der Waals surface area contributed by atoms with Crippen LogP contribution < -0.4 is 15.4 Å². The molecule has 0 bridgehead atoms. The topological polar surface area (TPSA) is 73.8 Å². The average Bonchev–Trinajstić information content (AvgIpc) is 2.72. The number of methoxy groups -OCH3 is 1. The van der Waals surface area contributed by atoms with E-state index in [4.69, 9.17) is 4.74 Å². The van der Waals surface area contributed by atoms with E-state index in [1.54, 1.807) is 30.4 Å². The van der Waals surface area contributed by atoms with E-state index in [-0.39, 0.29) is 5.75 Å². The van der Waals surface area contributed by atoms with E-state index in [1.807, 2.05) is 42.5 Å². The average molecular weight is 376 g/mol. The Balaban J connectivity index is 1.57. The number of anilines is 2. The minimum Gasteiger partial charge on any atom is -0.504 e. The number of aliphatic hydroxyl groups excluding tert-OH is 1. The van der Waals surface area contributed by atoms with Gasteiger partial charge in [0.25, 0.3) is 0 Å². The Labute approximate surface area is 164 Å². The highest BCUT2D eigenvalue weighted by atomic mass is 16.5. The van der Waals surface area contributed by atoms with Crippen LogP contribution in [0.25, 0.3) is 6.08 Å². The van der Waals surface area contributed by atoms with Gasteiger partial charge in [0.15, 0.2) is 11.5 Å². The van der Waals surface area contributed by atoms with Crippen LogP contribution >= 0.6 is 0 Å². The molecule has 0 amide bonds. The summed E-state index contributed by atoms with van der Waals surface area (Å²) in [4.78, 5) is 0. The first-order valence-electron chi connectivity index (χ1n) is 9.02. The Kier molecular flexibility index (Phi) is 6.54. The first-order valence-corrected chi connectivity index (χ1v) is 9.02. The summed E-state index contributed by atoms with van der Waals surface area (Å²) in [5, 5.41) is 26.4. The number of aromatic hydroxyl groups is 1. The third-order valence-corrected chi connectivity index (χ3v) is 4.19. The third-order valence-electron chi connectivity index (χ3n) is 4.19. The molecule has 0 aliphatic rings. The maximum atomic E-state index is 10.2. The maximum Gasteiger partial charge on any atom is 0.160 e. The second-order valence-electron chi connectivity index (χ2n) is 6.30. The summed E-state index contributed by atoms with van der Waals surface area (Å²) in [6.45, 7) is 0.730. The van der Waals surface area contributed by atoms with Crippen molar-refractivity contribution in [3.63, 3.8) is 0 Å². The molecule has 0 saturated carbocycles. The molecule has 0 heterocycles. The first-order chi connectivity index (χ1) is 13.6. The number of phenolic OH excluding ortho intramolecular Hbond substituents is 1. The number of phenols is 1. The SMILES string of the molecule is COc1ccc(C=CC(O)Nc2cccc(NCc3ccccc3)c2)cc1O. The zero-order valence-electron chi connectivity index (χ0n) is 15.7. The van der Waals surface area contributed by atoms with Crippen molar-refractivity contribution in [2.45, 2.75) is 12.8 Å². The summed E-state index contributed by atoms with van der Waals surface area (Å²) in [5.74, 6) is 0.472. The Bertz CT molecular complexity index is 926. The molecule has 1 unspecified atom stereocenters. The highest BCUT2D eigenvalue weighted by Crippen LogP contribution is 2.26. The van der Waals surface area contributed by atoms with Gasteiger partial charge in [-0.25, -0.2) is 0 Å². The smallest absolute Gasteiger partial charge is 0.160 e. The van der Waals surface area contributed by atoms with Gasteiger partial charge < -0.3 is 25.6 Å². The molecule has 0 aliphatic carbocycles. The van der Waals surface area contributed by atoms with Crippen molar-refractivity contribution in [3.8, 4) is 11.5 Å². The van der Waals surface area contributed by atoms with Crippen LogP contribution in [0.2, 0.25) is 0 Å². The standard InChI is InChI=1S/C23H24N2O3/c1-28-22-12-10-17(14-21(22)26)11-13-23(27)25-20-9-5-8-19(15-20)24-16-18-6-3-2-4-7-18/h2-15,23-27H,16H2,1H3. The number of hydrogen-bond acceptors (Lipinski definition) is 5. The lowest BCUT2D eigenvalue weighted by atomic mass is 10.2. The number of ether oxygens (including phenoxy) is 1. The Morgan fingerprint density at radius 1 is 0.964 bits per heavy atom. The molecule has 0 saturated heterocycles. The van der Waals surface area contributed by atoms with Crippen molar-refractivity contribution in [2.75, 3.05) is 17.7 Å². The van der Waals surface area contributed by atoms with Crippen LogP contribution in [0.4, 0.5) is 11.4 Å². The molecule has 5 heteroatoms. The van der Waals surface area contributed by atoms with Gasteiger partial charge in [-0.15, -0.1) is 0 Å². The zero-order valence-corrected chi connectivity index (χ0v) is 15.7. The van der Waals surface area contributed by atoms with Gasteiger partial charge in [0, 0.05) is 17.9 Å². The fourth-order valence-corrected chi connectivity index (χ4v) is 2.75. The van der Waals surface area contributed by atoms with Crippen LogP contribution in [-0.4, -0.2) is 23.6 Å². The zero-order chi connectivity index (χ0) is 19.8. The minimum absolute atomic E-state index is 0.0595. The van der Waals surface area contributed by atoms with E-state index in [0.717, 1.165) is 23.5 Å². The summed E-state index contributed by atoms with van der Waals surface area (Å²) >= 11 is 0. The summed E-state index contributed by atoms with van der Waals surface area (Å²) in [6, 6.07) is 23.0. The van der Waals surface area contributed by atoms with Crippen molar-refractivity contribution in [3.05, 3.63) is 90.0 Å². The highest BCUT2D eigenvalue weighted by Gasteiger charge is 2.03. The summed E-state index contributed by atoms with van der Waals surface area (Å²) in [7, 11) is 1.50. The van der Waals surface area contributed by atoms with Crippen molar-refractivity contribution >= 4 is 17.5 Å². The van der Waals surface area contributed by atoms with Crippen LogP contribution in [0.1, 0.15) is 11.1 Å². The van der Waals surface area contributed by atoms with Gasteiger partial charge >= 0.3 is 0 Å². The Hall–Kier alpha value is -3.44. The van der Waals surface area contributed by atoms with E-state index in [0.29, 0.717) is 5.75 Å². The van der Waals surface area contributed by atoms with Crippen LogP contribution in [0, 0.1) is 0 Å². The van der Waals surface area contributed by atoms with Gasteiger partial charge in [-0.2, -0.15) is 0 Å². The summed E-state index contributed by atoms with van der Waals surface area (Å²) in [6.07, 6.45) is 2.48. The van der Waals surface area contributed by atoms with Gasteiger partial charge in [-0.3, -0.25) is 0 Å². The Morgan fingerprint density at radius 3 is 2.50 bits per heavy atom. The number of rotatable bonds is 8. The summed E-state index contributed by atoms with van der Waals surface area (Å²) in [5.41, 5.74) is 3.72. The molecule has 0 spiro atoms. The lowest BCUT2D eigenvalue weighted by molar-refractivity contribution is 0.253. The fraction of sp³-hybridized carbons (Fsp3) is 0.130. The fourth-order valence-electron chi connectivity index (χ4n) is 2.75. The van der Waals surface area contributed by atoms with E-state index >= 15 is 0 Å². The number of aliphatic hydroxyl groups is 1. The lowest BCUT2D eigenvalue weighted by Gasteiger charge is -2.13. The van der Waals surface area contributed by atoms with Gasteiger partial charge in [0.1, 0.15) is 6.23 Å². The van der Waals surface area contributed by atoms with Gasteiger partial charge in [-0.1, -0.05) is 48.5 Å². The van der Waals surface area contributed by atoms with Gasteiger partial charge in [0.2, 0.25) is 0 Å². The third kappa shape index (κ3) is 5.53. The van der Waals surface area contributed by atoms with Gasteiger partial charge in [-0.05, 0) is 47.5 Å². The van der Waals surface area contributed by atoms with Crippen LogP contribution in [0.5, 0.6) is 11.5 Å². The van der Waals surface area contributed by atoms with E-state index in [1.165, 1.54) is 12.7 Å². The molecule has 0 aliphatic heterocycles. The van der Waals surface area contributed by atoms with Crippen molar-refractivity contribution < 1.29 is 14.9 Å². The summed E-state index contributed by atoms with van der Waals surface area (Å²) < 4.78 is 5.02. The van der Waals surface area contributed by atoms with Crippen molar-refractivity contribution in [2.24, 2.45) is 0 Å². The molecular weight excluding hydrogens is 352 g/mol. The predicted octanol–water partition coefficient (Wildman–Crippen LogP) is 4.46. The normalized spacial score (nSPS) is 11.9. The molecule has 144 valence electrons. The number of nitrogens with one attached hydrogen (secondary N) is 2. The molecule has 0 aromatic heterocycles. The number of hydrogen-bond donors (Lipinski definition) is 4. The quantitative estimate of drug-likeness (QED) is 0.437. The minimum atomic E-state index is -0.867. The molecule has 4 N–H and O–H groups in total.